The van der Waals surface area contributed by atoms with Crippen LogP contribution in [-0.4, -0.2) is 25.8 Å². The van der Waals surface area contributed by atoms with E-state index in [2.05, 4.69) is 0 Å². The van der Waals surface area contributed by atoms with E-state index in [-0.39, 0.29) is 6.29 Å². The predicted molar refractivity (Wildman–Crippen MR) is 38.0 cm³/mol. The van der Waals surface area contributed by atoms with Gasteiger partial charge in [-0.1, -0.05) is 0 Å². The van der Waals surface area contributed by atoms with Gasteiger partial charge in [0.05, 0.1) is 13.2 Å². The zero-order valence-electron chi connectivity index (χ0n) is 6.36. The van der Waals surface area contributed by atoms with E-state index in [1.54, 1.807) is 0 Å². The third-order valence-corrected chi connectivity index (χ3v) is 2.56. The minimum atomic E-state index is -0.0000463. The Morgan fingerprint density at radius 3 is 3.18 bits per heavy atom. The van der Waals surface area contributed by atoms with Gasteiger partial charge < -0.3 is 14.3 Å². The van der Waals surface area contributed by atoms with Crippen molar-refractivity contribution in [2.45, 2.75) is 19.1 Å². The van der Waals surface area contributed by atoms with E-state index in [0.29, 0.717) is 24.9 Å². The maximum atomic E-state index is 10.3. The molecule has 0 aromatic heterocycles. The number of hydrogen-bond donors (Lipinski definition) is 0. The van der Waals surface area contributed by atoms with Gasteiger partial charge in [-0.2, -0.15) is 0 Å². The summed E-state index contributed by atoms with van der Waals surface area (Å²) in [5.74, 6) is 0.903. The molecular weight excluding hydrogens is 144 g/mol. The topological polar surface area (TPSA) is 35.5 Å². The highest BCUT2D eigenvalue weighted by Gasteiger charge is 2.40. The Morgan fingerprint density at radius 1 is 1.45 bits per heavy atom. The second-order valence-electron chi connectivity index (χ2n) is 3.19. The van der Waals surface area contributed by atoms with Crippen molar-refractivity contribution >= 4 is 6.29 Å². The fraction of sp³-hybridized carbons (Fsp3) is 0.875. The van der Waals surface area contributed by atoms with E-state index < -0.39 is 0 Å². The molecule has 62 valence electrons. The largest absolute Gasteiger partial charge is 0.352 e. The number of aldehydes is 1. The standard InChI is InChI=1S/C8H12O3/c9-3-1-6-5-11-8-7(6)2-4-10-8/h3,6-8H,1-2,4-5H2/t6-,7-,8+/m0/s1. The first-order chi connectivity index (χ1) is 5.42. The van der Waals surface area contributed by atoms with Gasteiger partial charge >= 0.3 is 0 Å². The van der Waals surface area contributed by atoms with Gasteiger partial charge in [0.15, 0.2) is 6.29 Å². The SMILES string of the molecule is O=CC[C@H]1CO[C@H]2OCC[C@@H]12. The molecule has 2 fully saturated rings. The first-order valence-corrected chi connectivity index (χ1v) is 4.08. The van der Waals surface area contributed by atoms with Gasteiger partial charge in [-0.05, 0) is 12.3 Å². The average Bonchev–Trinajstić information content (AvgIpc) is 2.53. The van der Waals surface area contributed by atoms with Crippen LogP contribution >= 0.6 is 0 Å². The fourth-order valence-electron chi connectivity index (χ4n) is 1.92. The van der Waals surface area contributed by atoms with E-state index in [1.165, 1.54) is 0 Å². The molecule has 3 atom stereocenters. The molecule has 11 heavy (non-hydrogen) atoms. The van der Waals surface area contributed by atoms with Crippen molar-refractivity contribution in [2.24, 2.45) is 11.8 Å². The molecule has 0 unspecified atom stereocenters. The summed E-state index contributed by atoms with van der Waals surface area (Å²) in [4.78, 5) is 10.3. The Kier molecular flexibility index (Phi) is 1.92. The highest BCUT2D eigenvalue weighted by Crippen LogP contribution is 2.36. The van der Waals surface area contributed by atoms with Crippen LogP contribution in [0.2, 0.25) is 0 Å². The lowest BCUT2D eigenvalue weighted by Gasteiger charge is -2.10. The molecule has 2 heterocycles. The van der Waals surface area contributed by atoms with Gasteiger partial charge in [0.25, 0.3) is 0 Å². The Morgan fingerprint density at radius 2 is 2.36 bits per heavy atom. The van der Waals surface area contributed by atoms with Crippen molar-refractivity contribution in [3.05, 3.63) is 0 Å². The van der Waals surface area contributed by atoms with Crippen molar-refractivity contribution in [1.29, 1.82) is 0 Å². The highest BCUT2D eigenvalue weighted by molar-refractivity contribution is 5.49. The zero-order valence-corrected chi connectivity index (χ0v) is 6.36. The molecule has 0 N–H and O–H groups in total. The van der Waals surface area contributed by atoms with Crippen LogP contribution in [0.15, 0.2) is 0 Å². The maximum Gasteiger partial charge on any atom is 0.160 e. The van der Waals surface area contributed by atoms with Crippen LogP contribution in [0.5, 0.6) is 0 Å². The monoisotopic (exact) mass is 156 g/mol. The molecule has 2 rings (SSSR count). The lowest BCUT2D eigenvalue weighted by molar-refractivity contribution is -0.108. The average molecular weight is 156 g/mol. The molecule has 0 saturated carbocycles. The van der Waals surface area contributed by atoms with Crippen LogP contribution in [0.1, 0.15) is 12.8 Å². The summed E-state index contributed by atoms with van der Waals surface area (Å²) >= 11 is 0. The molecule has 0 bridgehead atoms. The van der Waals surface area contributed by atoms with Crippen LogP contribution in [0.4, 0.5) is 0 Å². The first-order valence-electron chi connectivity index (χ1n) is 4.08. The second kappa shape index (κ2) is 2.91. The van der Waals surface area contributed by atoms with Crippen molar-refractivity contribution in [2.75, 3.05) is 13.2 Å². The molecule has 2 saturated heterocycles. The third-order valence-electron chi connectivity index (χ3n) is 2.56. The zero-order chi connectivity index (χ0) is 7.68. The molecule has 3 heteroatoms. The van der Waals surface area contributed by atoms with Gasteiger partial charge in [0.2, 0.25) is 0 Å². The molecule has 0 spiro atoms. The molecule has 0 amide bonds. The van der Waals surface area contributed by atoms with Gasteiger partial charge in [0, 0.05) is 12.3 Å². The van der Waals surface area contributed by atoms with Crippen LogP contribution in [-0.2, 0) is 14.3 Å². The summed E-state index contributed by atoms with van der Waals surface area (Å²) in [6.07, 6.45) is 2.67. The molecule has 3 nitrogen and oxygen atoms in total. The van der Waals surface area contributed by atoms with E-state index in [9.17, 15) is 4.79 Å². The summed E-state index contributed by atoms with van der Waals surface area (Å²) < 4.78 is 10.7. The summed E-state index contributed by atoms with van der Waals surface area (Å²) in [7, 11) is 0. The molecule has 2 aliphatic heterocycles. The first kappa shape index (κ1) is 7.25. The van der Waals surface area contributed by atoms with Gasteiger partial charge in [-0.3, -0.25) is 0 Å². The van der Waals surface area contributed by atoms with Crippen LogP contribution in [0.25, 0.3) is 0 Å². The molecule has 0 aromatic rings. The summed E-state index contributed by atoms with van der Waals surface area (Å²) in [5, 5.41) is 0. The minimum absolute atomic E-state index is 0.0000463. The number of carbonyl (C=O) groups excluding carboxylic acids is 1. The number of carbonyl (C=O) groups is 1. The number of rotatable bonds is 2. The van der Waals surface area contributed by atoms with Gasteiger partial charge in [-0.15, -0.1) is 0 Å². The van der Waals surface area contributed by atoms with Crippen LogP contribution in [0, 0.1) is 11.8 Å². The van der Waals surface area contributed by atoms with Gasteiger partial charge in [0.1, 0.15) is 6.29 Å². The van der Waals surface area contributed by atoms with Gasteiger partial charge in [-0.25, -0.2) is 0 Å². The second-order valence-corrected chi connectivity index (χ2v) is 3.19. The highest BCUT2D eigenvalue weighted by atomic mass is 16.7. The quantitative estimate of drug-likeness (QED) is 0.549. The van der Waals surface area contributed by atoms with Crippen molar-refractivity contribution in [3.8, 4) is 0 Å². The molecule has 0 aromatic carbocycles. The summed E-state index contributed by atoms with van der Waals surface area (Å²) in [5.41, 5.74) is 0. The number of fused-ring (bicyclic) bond motifs is 1. The lowest BCUT2D eigenvalue weighted by atomic mass is 9.91. The maximum absolute atomic E-state index is 10.3. The van der Waals surface area contributed by atoms with Crippen LogP contribution in [0.3, 0.4) is 0 Å². The summed E-state index contributed by atoms with van der Waals surface area (Å²) in [6, 6.07) is 0. The Balaban J connectivity index is 1.97. The van der Waals surface area contributed by atoms with E-state index in [1.807, 2.05) is 0 Å². The van der Waals surface area contributed by atoms with E-state index in [0.717, 1.165) is 19.3 Å². The smallest absolute Gasteiger partial charge is 0.160 e. The van der Waals surface area contributed by atoms with Crippen molar-refractivity contribution < 1.29 is 14.3 Å². The van der Waals surface area contributed by atoms with E-state index in [4.69, 9.17) is 9.47 Å². The summed E-state index contributed by atoms with van der Waals surface area (Å²) in [6.45, 7) is 1.50. The van der Waals surface area contributed by atoms with Crippen LogP contribution < -0.4 is 0 Å². The molecular formula is C8H12O3. The Bertz CT molecular complexity index is 157. The van der Waals surface area contributed by atoms with Crippen molar-refractivity contribution in [3.63, 3.8) is 0 Å². The number of ether oxygens (including phenoxy) is 2. The molecule has 0 radical (unpaired) electrons. The van der Waals surface area contributed by atoms with Crippen molar-refractivity contribution in [1.82, 2.24) is 0 Å². The lowest BCUT2D eigenvalue weighted by Crippen LogP contribution is -2.14. The fourth-order valence-corrected chi connectivity index (χ4v) is 1.92. The predicted octanol–water partition coefficient (Wildman–Crippen LogP) is 0.584. The third kappa shape index (κ3) is 1.19. The molecule has 0 aliphatic carbocycles. The Hall–Kier alpha value is -0.410. The minimum Gasteiger partial charge on any atom is -0.352 e. The number of hydrogen-bond acceptors (Lipinski definition) is 3. The normalized spacial score (nSPS) is 42.4. The Labute approximate surface area is 65.7 Å². The molecule has 2 aliphatic rings. The van der Waals surface area contributed by atoms with E-state index >= 15 is 0 Å².